The van der Waals surface area contributed by atoms with Gasteiger partial charge in [-0.3, -0.25) is 4.79 Å². The van der Waals surface area contributed by atoms with E-state index in [9.17, 15) is 4.79 Å². The molecule has 3 rings (SSSR count). The highest BCUT2D eigenvalue weighted by Crippen LogP contribution is 2.18. The predicted octanol–water partition coefficient (Wildman–Crippen LogP) is 2.27. The smallest absolute Gasteiger partial charge is 0.219 e. The molecule has 1 amide bonds. The third-order valence-corrected chi connectivity index (χ3v) is 4.21. The lowest BCUT2D eigenvalue weighted by molar-refractivity contribution is -0.129. The topological polar surface area (TPSA) is 48.1 Å². The van der Waals surface area contributed by atoms with Crippen molar-refractivity contribution >= 4 is 16.8 Å². The number of nitrogens with zero attached hydrogens (tertiary/aromatic N) is 1. The first-order valence-corrected chi connectivity index (χ1v) is 7.28. The maximum atomic E-state index is 11.3. The highest BCUT2D eigenvalue weighted by Gasteiger charge is 2.20. The summed E-state index contributed by atoms with van der Waals surface area (Å²) in [5, 5.41) is 4.92. The fourth-order valence-corrected chi connectivity index (χ4v) is 2.96. The third-order valence-electron chi connectivity index (χ3n) is 4.21. The van der Waals surface area contributed by atoms with Crippen LogP contribution in [-0.2, 0) is 11.3 Å². The van der Waals surface area contributed by atoms with Crippen LogP contribution in [0.5, 0.6) is 0 Å². The van der Waals surface area contributed by atoms with E-state index in [-0.39, 0.29) is 5.91 Å². The minimum atomic E-state index is 0.195. The number of hydrogen-bond acceptors (Lipinski definition) is 2. The standard InChI is InChI=1S/C16H21N3O/c1-12(20)19-9-6-14(7-10-19)18-11-13-3-2-4-16-15(13)5-8-17-16/h2-5,8,14,17-18H,6-7,9-11H2,1H3. The lowest BCUT2D eigenvalue weighted by atomic mass is 10.0. The van der Waals surface area contributed by atoms with Gasteiger partial charge < -0.3 is 15.2 Å². The molecule has 1 saturated heterocycles. The molecule has 1 aromatic heterocycles. The highest BCUT2D eigenvalue weighted by molar-refractivity contribution is 5.82. The first-order valence-electron chi connectivity index (χ1n) is 7.28. The number of carbonyl (C=O) groups excluding carboxylic acids is 1. The van der Waals surface area contributed by atoms with Crippen LogP contribution >= 0.6 is 0 Å². The van der Waals surface area contributed by atoms with E-state index < -0.39 is 0 Å². The van der Waals surface area contributed by atoms with Crippen LogP contribution in [0.15, 0.2) is 30.5 Å². The molecule has 4 nitrogen and oxygen atoms in total. The molecule has 0 spiro atoms. The number of rotatable bonds is 3. The van der Waals surface area contributed by atoms with Crippen molar-refractivity contribution < 1.29 is 4.79 Å². The number of piperidine rings is 1. The van der Waals surface area contributed by atoms with Crippen LogP contribution in [0.2, 0.25) is 0 Å². The summed E-state index contributed by atoms with van der Waals surface area (Å²) in [6.07, 6.45) is 4.07. The average molecular weight is 271 g/mol. The quantitative estimate of drug-likeness (QED) is 0.899. The second-order valence-electron chi connectivity index (χ2n) is 5.52. The van der Waals surface area contributed by atoms with Gasteiger partial charge in [0.05, 0.1) is 0 Å². The Morgan fingerprint density at radius 2 is 2.15 bits per heavy atom. The van der Waals surface area contributed by atoms with Crippen LogP contribution in [0.1, 0.15) is 25.3 Å². The van der Waals surface area contributed by atoms with E-state index in [1.807, 2.05) is 11.1 Å². The summed E-state index contributed by atoms with van der Waals surface area (Å²) in [5.74, 6) is 0.195. The van der Waals surface area contributed by atoms with Crippen molar-refractivity contribution in [3.8, 4) is 0 Å². The van der Waals surface area contributed by atoms with E-state index in [0.717, 1.165) is 32.5 Å². The summed E-state index contributed by atoms with van der Waals surface area (Å²) in [7, 11) is 0. The lowest BCUT2D eigenvalue weighted by Gasteiger charge is -2.31. The molecule has 2 aromatic rings. The maximum absolute atomic E-state index is 11.3. The minimum Gasteiger partial charge on any atom is -0.361 e. The molecule has 2 heterocycles. The van der Waals surface area contributed by atoms with Gasteiger partial charge in [0.15, 0.2) is 0 Å². The molecule has 1 aliphatic rings. The zero-order valence-corrected chi connectivity index (χ0v) is 11.9. The summed E-state index contributed by atoms with van der Waals surface area (Å²) in [4.78, 5) is 16.5. The van der Waals surface area contributed by atoms with Gasteiger partial charge in [0.1, 0.15) is 0 Å². The molecule has 0 saturated carbocycles. The Labute approximate surface area is 119 Å². The first kappa shape index (κ1) is 13.2. The number of nitrogens with one attached hydrogen (secondary N) is 2. The summed E-state index contributed by atoms with van der Waals surface area (Å²) in [5.41, 5.74) is 2.52. The molecule has 2 N–H and O–H groups in total. The van der Waals surface area contributed by atoms with E-state index in [1.165, 1.54) is 16.5 Å². The second-order valence-corrected chi connectivity index (χ2v) is 5.52. The number of fused-ring (bicyclic) bond motifs is 1. The number of likely N-dealkylation sites (tertiary alicyclic amines) is 1. The number of aromatic nitrogens is 1. The Hall–Kier alpha value is -1.81. The maximum Gasteiger partial charge on any atom is 0.219 e. The Morgan fingerprint density at radius 1 is 1.35 bits per heavy atom. The molecule has 0 bridgehead atoms. The molecule has 4 heteroatoms. The molecule has 1 aliphatic heterocycles. The van der Waals surface area contributed by atoms with Crippen molar-refractivity contribution in [3.05, 3.63) is 36.0 Å². The molecule has 0 unspecified atom stereocenters. The molecule has 1 fully saturated rings. The van der Waals surface area contributed by atoms with Gasteiger partial charge in [-0.05, 0) is 30.5 Å². The summed E-state index contributed by atoms with van der Waals surface area (Å²) >= 11 is 0. The van der Waals surface area contributed by atoms with Crippen LogP contribution in [-0.4, -0.2) is 34.9 Å². The molecule has 0 aliphatic carbocycles. The van der Waals surface area contributed by atoms with Crippen molar-refractivity contribution in [1.82, 2.24) is 15.2 Å². The highest BCUT2D eigenvalue weighted by atomic mass is 16.2. The second kappa shape index (κ2) is 5.67. The average Bonchev–Trinajstić information content (AvgIpc) is 2.94. The van der Waals surface area contributed by atoms with E-state index in [0.29, 0.717) is 6.04 Å². The van der Waals surface area contributed by atoms with E-state index in [2.05, 4.69) is 34.6 Å². The number of carbonyl (C=O) groups is 1. The number of hydrogen-bond donors (Lipinski definition) is 2. The SMILES string of the molecule is CC(=O)N1CCC(NCc2cccc3[nH]ccc23)CC1. The lowest BCUT2D eigenvalue weighted by Crippen LogP contribution is -2.43. The Kier molecular flexibility index (Phi) is 3.74. The van der Waals surface area contributed by atoms with Crippen LogP contribution in [0.3, 0.4) is 0 Å². The number of aromatic amines is 1. The molecule has 20 heavy (non-hydrogen) atoms. The summed E-state index contributed by atoms with van der Waals surface area (Å²) in [6.45, 7) is 4.29. The van der Waals surface area contributed by atoms with E-state index in [1.54, 1.807) is 6.92 Å². The van der Waals surface area contributed by atoms with Gasteiger partial charge >= 0.3 is 0 Å². The molecule has 1 aromatic carbocycles. The van der Waals surface area contributed by atoms with Crippen molar-refractivity contribution in [1.29, 1.82) is 0 Å². The summed E-state index contributed by atoms with van der Waals surface area (Å²) in [6, 6.07) is 9.01. The van der Waals surface area contributed by atoms with Crippen molar-refractivity contribution in [2.45, 2.75) is 32.4 Å². The fourth-order valence-electron chi connectivity index (χ4n) is 2.96. The monoisotopic (exact) mass is 271 g/mol. The van der Waals surface area contributed by atoms with Gasteiger partial charge in [0.2, 0.25) is 5.91 Å². The number of amides is 1. The predicted molar refractivity (Wildman–Crippen MR) is 80.4 cm³/mol. The molecular formula is C16H21N3O. The molecule has 0 atom stereocenters. The van der Waals surface area contributed by atoms with Gasteiger partial charge in [0.25, 0.3) is 0 Å². The van der Waals surface area contributed by atoms with Gasteiger partial charge in [-0.25, -0.2) is 0 Å². The van der Waals surface area contributed by atoms with Crippen LogP contribution < -0.4 is 5.32 Å². The Bertz CT molecular complexity index is 597. The normalized spacial score (nSPS) is 16.8. The minimum absolute atomic E-state index is 0.195. The van der Waals surface area contributed by atoms with Gasteiger partial charge in [0, 0.05) is 49.7 Å². The van der Waals surface area contributed by atoms with E-state index in [4.69, 9.17) is 0 Å². The van der Waals surface area contributed by atoms with Crippen molar-refractivity contribution in [3.63, 3.8) is 0 Å². The zero-order chi connectivity index (χ0) is 13.9. The fraction of sp³-hybridized carbons (Fsp3) is 0.438. The molecular weight excluding hydrogens is 250 g/mol. The van der Waals surface area contributed by atoms with Gasteiger partial charge in [-0.1, -0.05) is 12.1 Å². The first-order chi connectivity index (χ1) is 9.74. The Morgan fingerprint density at radius 3 is 2.90 bits per heavy atom. The number of H-pyrrole nitrogens is 1. The van der Waals surface area contributed by atoms with E-state index >= 15 is 0 Å². The number of benzene rings is 1. The van der Waals surface area contributed by atoms with Crippen LogP contribution in [0.25, 0.3) is 10.9 Å². The Balaban J connectivity index is 1.58. The largest absolute Gasteiger partial charge is 0.361 e. The zero-order valence-electron chi connectivity index (χ0n) is 11.9. The van der Waals surface area contributed by atoms with Crippen molar-refractivity contribution in [2.75, 3.05) is 13.1 Å². The summed E-state index contributed by atoms with van der Waals surface area (Å²) < 4.78 is 0. The van der Waals surface area contributed by atoms with Crippen molar-refractivity contribution in [2.24, 2.45) is 0 Å². The van der Waals surface area contributed by atoms with Gasteiger partial charge in [-0.15, -0.1) is 0 Å². The van der Waals surface area contributed by atoms with Gasteiger partial charge in [-0.2, -0.15) is 0 Å². The molecule has 0 radical (unpaired) electrons. The molecule has 106 valence electrons. The van der Waals surface area contributed by atoms with Crippen LogP contribution in [0, 0.1) is 0 Å². The van der Waals surface area contributed by atoms with Crippen LogP contribution in [0.4, 0.5) is 0 Å². The third kappa shape index (κ3) is 2.70.